The average Bonchev–Trinajstić information content (AvgIpc) is 3.28. The number of aromatic nitrogens is 3. The first-order valence-electron chi connectivity index (χ1n) is 8.36. The lowest BCUT2D eigenvalue weighted by Crippen LogP contribution is -2.29. The van der Waals surface area contributed by atoms with Crippen LogP contribution in [0.2, 0.25) is 0 Å². The number of benzene rings is 2. The van der Waals surface area contributed by atoms with E-state index in [1.165, 1.54) is 12.3 Å². The summed E-state index contributed by atoms with van der Waals surface area (Å²) in [6.45, 7) is 0. The van der Waals surface area contributed by atoms with Crippen LogP contribution in [0.25, 0.3) is 5.70 Å². The Morgan fingerprint density at radius 3 is 1.93 bits per heavy atom. The highest BCUT2D eigenvalue weighted by atomic mass is 16.2. The van der Waals surface area contributed by atoms with E-state index in [0.717, 1.165) is 9.58 Å². The maximum atomic E-state index is 12.7. The van der Waals surface area contributed by atoms with Gasteiger partial charge in [-0.15, -0.1) is 5.10 Å². The first-order valence-corrected chi connectivity index (χ1v) is 8.36. The van der Waals surface area contributed by atoms with Crippen molar-refractivity contribution < 1.29 is 19.2 Å². The molecule has 8 nitrogen and oxygen atoms in total. The summed E-state index contributed by atoms with van der Waals surface area (Å²) in [5.74, 6) is -1.78. The number of carbonyl (C=O) groups excluding carboxylic acids is 4. The van der Waals surface area contributed by atoms with Crippen LogP contribution in [0, 0.1) is 0 Å². The first-order chi connectivity index (χ1) is 13.6. The number of amides is 2. The molecule has 0 spiro atoms. The van der Waals surface area contributed by atoms with E-state index >= 15 is 0 Å². The molecule has 3 aromatic rings. The van der Waals surface area contributed by atoms with E-state index in [2.05, 4.69) is 10.3 Å². The fourth-order valence-corrected chi connectivity index (χ4v) is 3.34. The van der Waals surface area contributed by atoms with Gasteiger partial charge in [-0.1, -0.05) is 41.6 Å². The van der Waals surface area contributed by atoms with Crippen molar-refractivity contribution in [2.75, 3.05) is 4.90 Å². The van der Waals surface area contributed by atoms with Gasteiger partial charge in [0.15, 0.2) is 11.6 Å². The molecule has 8 heteroatoms. The molecule has 28 heavy (non-hydrogen) atoms. The summed E-state index contributed by atoms with van der Waals surface area (Å²) in [5.41, 5.74) is 1.14. The SMILES string of the molecule is O=C1C=C(n2cc(N3C(=O)c4ccccc4C3=O)nn2)C(=O)c2ccccc21. The van der Waals surface area contributed by atoms with Gasteiger partial charge in [-0.25, -0.2) is 9.58 Å². The van der Waals surface area contributed by atoms with Crippen molar-refractivity contribution in [2.24, 2.45) is 0 Å². The topological polar surface area (TPSA) is 102 Å². The number of imide groups is 1. The molecule has 1 aliphatic carbocycles. The summed E-state index contributed by atoms with van der Waals surface area (Å²) >= 11 is 0. The number of ketones is 2. The molecule has 0 N–H and O–H groups in total. The number of nitrogens with zero attached hydrogens (tertiary/aromatic N) is 4. The average molecular weight is 370 g/mol. The molecule has 0 bridgehead atoms. The van der Waals surface area contributed by atoms with E-state index in [-0.39, 0.29) is 34.0 Å². The Balaban J connectivity index is 1.53. The summed E-state index contributed by atoms with van der Waals surface area (Å²) in [5, 5.41) is 7.72. The molecule has 1 aliphatic heterocycles. The Morgan fingerprint density at radius 1 is 0.714 bits per heavy atom. The molecule has 2 aliphatic rings. The van der Waals surface area contributed by atoms with Crippen molar-refractivity contribution in [2.45, 2.75) is 0 Å². The molecule has 2 heterocycles. The third-order valence-corrected chi connectivity index (χ3v) is 4.69. The lowest BCUT2D eigenvalue weighted by molar-refractivity contribution is 0.0923. The lowest BCUT2D eigenvalue weighted by atomic mass is 9.93. The quantitative estimate of drug-likeness (QED) is 0.640. The third kappa shape index (κ3) is 2.11. The molecule has 1 aromatic heterocycles. The van der Waals surface area contributed by atoms with Gasteiger partial charge >= 0.3 is 0 Å². The van der Waals surface area contributed by atoms with E-state index in [1.54, 1.807) is 48.5 Å². The van der Waals surface area contributed by atoms with E-state index in [1.807, 2.05) is 0 Å². The monoisotopic (exact) mass is 370 g/mol. The van der Waals surface area contributed by atoms with Gasteiger partial charge < -0.3 is 0 Å². The molecule has 0 unspecified atom stereocenters. The van der Waals surface area contributed by atoms with Crippen LogP contribution < -0.4 is 4.90 Å². The summed E-state index contributed by atoms with van der Waals surface area (Å²) in [6, 6.07) is 12.9. The maximum absolute atomic E-state index is 12.7. The van der Waals surface area contributed by atoms with Crippen molar-refractivity contribution in [3.05, 3.63) is 83.1 Å². The van der Waals surface area contributed by atoms with Crippen LogP contribution in [-0.2, 0) is 0 Å². The van der Waals surface area contributed by atoms with Crippen LogP contribution in [-0.4, -0.2) is 38.4 Å². The van der Waals surface area contributed by atoms with Crippen molar-refractivity contribution in [3.8, 4) is 0 Å². The van der Waals surface area contributed by atoms with Crippen molar-refractivity contribution >= 4 is 34.9 Å². The standard InChI is InChI=1S/C20H10N4O4/c25-16-9-15(18(26)12-6-2-1-5-11(12)16)23-10-17(21-22-23)24-19(27)13-7-3-4-8-14(13)20(24)28/h1-10H. The normalized spacial score (nSPS) is 15.6. The predicted octanol–water partition coefficient (Wildman–Crippen LogP) is 2.00. The molecule has 0 fully saturated rings. The molecule has 134 valence electrons. The van der Waals surface area contributed by atoms with Crippen LogP contribution in [0.1, 0.15) is 41.4 Å². The van der Waals surface area contributed by atoms with Crippen LogP contribution in [0.15, 0.2) is 60.8 Å². The second-order valence-corrected chi connectivity index (χ2v) is 6.28. The summed E-state index contributed by atoms with van der Waals surface area (Å²) < 4.78 is 1.11. The van der Waals surface area contributed by atoms with Crippen LogP contribution in [0.5, 0.6) is 0 Å². The molecule has 0 radical (unpaired) electrons. The number of Topliss-reactive ketones (excluding diaryl/α,β-unsaturated/α-hetero) is 1. The van der Waals surface area contributed by atoms with Gasteiger partial charge in [0.1, 0.15) is 5.70 Å². The number of hydrogen-bond donors (Lipinski definition) is 0. The highest BCUT2D eigenvalue weighted by Gasteiger charge is 2.38. The van der Waals surface area contributed by atoms with Gasteiger partial charge in [0.2, 0.25) is 5.78 Å². The smallest absolute Gasteiger partial charge is 0.267 e. The Labute approximate surface area is 157 Å². The zero-order valence-electron chi connectivity index (χ0n) is 14.2. The van der Waals surface area contributed by atoms with E-state index < -0.39 is 17.6 Å². The second kappa shape index (κ2) is 5.65. The molecule has 2 amide bonds. The number of rotatable bonds is 2. The van der Waals surface area contributed by atoms with Crippen molar-refractivity contribution in [1.82, 2.24) is 15.0 Å². The van der Waals surface area contributed by atoms with Gasteiger partial charge in [0, 0.05) is 17.2 Å². The summed E-state index contributed by atoms with van der Waals surface area (Å²) in [6.07, 6.45) is 2.46. The van der Waals surface area contributed by atoms with Gasteiger partial charge in [-0.05, 0) is 12.1 Å². The number of hydrogen-bond acceptors (Lipinski definition) is 6. The number of allylic oxidation sites excluding steroid dienone is 2. The fourth-order valence-electron chi connectivity index (χ4n) is 3.34. The Bertz CT molecular complexity index is 1220. The molecule has 5 rings (SSSR count). The van der Waals surface area contributed by atoms with Gasteiger partial charge in [-0.3, -0.25) is 19.2 Å². The van der Waals surface area contributed by atoms with Crippen LogP contribution in [0.4, 0.5) is 5.82 Å². The Morgan fingerprint density at radius 2 is 1.29 bits per heavy atom. The molecule has 0 saturated carbocycles. The highest BCUT2D eigenvalue weighted by Crippen LogP contribution is 2.28. The van der Waals surface area contributed by atoms with Gasteiger partial charge in [-0.2, -0.15) is 0 Å². The van der Waals surface area contributed by atoms with E-state index in [9.17, 15) is 19.2 Å². The lowest BCUT2D eigenvalue weighted by Gasteiger charge is -2.14. The first kappa shape index (κ1) is 16.0. The zero-order chi connectivity index (χ0) is 19.4. The van der Waals surface area contributed by atoms with Gasteiger partial charge in [0.05, 0.1) is 17.3 Å². The predicted molar refractivity (Wildman–Crippen MR) is 97.0 cm³/mol. The highest BCUT2D eigenvalue weighted by molar-refractivity contribution is 6.36. The summed E-state index contributed by atoms with van der Waals surface area (Å²) in [7, 11) is 0. The molecule has 0 saturated heterocycles. The fraction of sp³-hybridized carbons (Fsp3) is 0. The van der Waals surface area contributed by atoms with Crippen LogP contribution in [0.3, 0.4) is 0 Å². The molecular formula is C20H10N4O4. The number of fused-ring (bicyclic) bond motifs is 2. The molecule has 0 atom stereocenters. The largest absolute Gasteiger partial charge is 0.289 e. The minimum Gasteiger partial charge on any atom is -0.289 e. The second-order valence-electron chi connectivity index (χ2n) is 6.28. The van der Waals surface area contributed by atoms with Crippen molar-refractivity contribution in [3.63, 3.8) is 0 Å². The van der Waals surface area contributed by atoms with Gasteiger partial charge in [0.25, 0.3) is 11.8 Å². The third-order valence-electron chi connectivity index (χ3n) is 4.69. The minimum atomic E-state index is -0.516. The Hall–Kier alpha value is -4.20. The summed E-state index contributed by atoms with van der Waals surface area (Å²) in [4.78, 5) is 51.1. The number of anilines is 1. The molecular weight excluding hydrogens is 360 g/mol. The van der Waals surface area contributed by atoms with Crippen LogP contribution >= 0.6 is 0 Å². The minimum absolute atomic E-state index is 0.000871. The van der Waals surface area contributed by atoms with E-state index in [4.69, 9.17) is 0 Å². The zero-order valence-corrected chi connectivity index (χ0v) is 14.2. The maximum Gasteiger partial charge on any atom is 0.267 e. The molecule has 2 aromatic carbocycles. The Kier molecular flexibility index (Phi) is 3.23. The van der Waals surface area contributed by atoms with E-state index in [0.29, 0.717) is 5.56 Å². The van der Waals surface area contributed by atoms with Crippen molar-refractivity contribution in [1.29, 1.82) is 0 Å². The number of carbonyl (C=O) groups is 4.